The van der Waals surface area contributed by atoms with Crippen LogP contribution >= 0.6 is 0 Å². The fourth-order valence-electron chi connectivity index (χ4n) is 3.06. The molecule has 2 atom stereocenters. The van der Waals surface area contributed by atoms with Crippen LogP contribution in [-0.4, -0.2) is 28.2 Å². The molecule has 1 aromatic carbocycles. The number of piperidine rings is 1. The van der Waals surface area contributed by atoms with Gasteiger partial charge in [0.1, 0.15) is 0 Å². The van der Waals surface area contributed by atoms with E-state index in [1.165, 1.54) is 37.9 Å². The second kappa shape index (κ2) is 6.76. The van der Waals surface area contributed by atoms with E-state index in [0.29, 0.717) is 12.1 Å². The van der Waals surface area contributed by atoms with Crippen molar-refractivity contribution in [3.63, 3.8) is 0 Å². The minimum absolute atomic E-state index is 0.471. The van der Waals surface area contributed by atoms with E-state index in [1.807, 2.05) is 17.1 Å². The summed E-state index contributed by atoms with van der Waals surface area (Å²) in [5, 5.41) is 7.23. The lowest BCUT2D eigenvalue weighted by molar-refractivity contribution is 0.371. The average Bonchev–Trinajstić information content (AvgIpc) is 3.02. The molecule has 4 nitrogen and oxygen atoms in total. The average molecular weight is 284 g/mol. The van der Waals surface area contributed by atoms with Crippen LogP contribution in [0.2, 0.25) is 0 Å². The maximum Gasteiger partial charge on any atom is 0.0991 e. The first-order valence-electron chi connectivity index (χ1n) is 7.89. The molecule has 1 fully saturated rings. The van der Waals surface area contributed by atoms with Crippen molar-refractivity contribution in [2.24, 2.45) is 0 Å². The third-order valence-electron chi connectivity index (χ3n) is 4.11. The van der Waals surface area contributed by atoms with E-state index in [-0.39, 0.29) is 0 Å². The summed E-state index contributed by atoms with van der Waals surface area (Å²) >= 11 is 0. The summed E-state index contributed by atoms with van der Waals surface area (Å²) < 4.78 is 2.03. The fourth-order valence-corrected chi connectivity index (χ4v) is 3.06. The summed E-state index contributed by atoms with van der Waals surface area (Å²) in [5.74, 6) is 0. The van der Waals surface area contributed by atoms with Gasteiger partial charge in [-0.05, 0) is 50.9 Å². The van der Waals surface area contributed by atoms with Crippen LogP contribution in [0.25, 0.3) is 5.69 Å². The minimum atomic E-state index is 0.471. The van der Waals surface area contributed by atoms with Crippen LogP contribution in [0.15, 0.2) is 43.0 Å². The van der Waals surface area contributed by atoms with Gasteiger partial charge >= 0.3 is 0 Å². The molecule has 0 radical (unpaired) electrons. The first-order chi connectivity index (χ1) is 10.3. The highest BCUT2D eigenvalue weighted by Gasteiger charge is 2.15. The molecule has 2 N–H and O–H groups in total. The number of benzene rings is 1. The van der Waals surface area contributed by atoms with E-state index in [4.69, 9.17) is 0 Å². The summed E-state index contributed by atoms with van der Waals surface area (Å²) in [7, 11) is 0. The topological polar surface area (TPSA) is 41.9 Å². The molecule has 0 spiro atoms. The van der Waals surface area contributed by atoms with Crippen LogP contribution in [0, 0.1) is 0 Å². The van der Waals surface area contributed by atoms with Gasteiger partial charge in [0.25, 0.3) is 0 Å². The fraction of sp³-hybridized carbons (Fsp3) is 0.471. The van der Waals surface area contributed by atoms with Gasteiger partial charge in [0.15, 0.2) is 0 Å². The normalized spacial score (nSPS) is 20.1. The molecule has 0 aliphatic carbocycles. The molecular formula is C17H24N4. The molecule has 1 aromatic heterocycles. The third-order valence-corrected chi connectivity index (χ3v) is 4.11. The predicted octanol–water partition coefficient (Wildman–Crippen LogP) is 3.20. The zero-order valence-corrected chi connectivity index (χ0v) is 12.6. The van der Waals surface area contributed by atoms with E-state index in [9.17, 15) is 0 Å². The number of hydrogen-bond acceptors (Lipinski definition) is 3. The number of hydrogen-bond donors (Lipinski definition) is 2. The van der Waals surface area contributed by atoms with Crippen LogP contribution in [0.1, 0.15) is 32.6 Å². The maximum absolute atomic E-state index is 4.10. The lowest BCUT2D eigenvalue weighted by Gasteiger charge is -2.27. The molecule has 21 heavy (non-hydrogen) atoms. The molecule has 1 aliphatic heterocycles. The molecule has 0 bridgehead atoms. The standard InChI is InChI=1S/C17H24N4/c1-14(11-15-5-2-3-8-19-15)20-16-6-4-7-17(12-16)21-10-9-18-13-21/h4,6-7,9-10,12-15,19-20H,2-3,5,8,11H2,1H3. The van der Waals surface area contributed by atoms with Gasteiger partial charge in [0.05, 0.1) is 6.33 Å². The Hall–Kier alpha value is -1.81. The summed E-state index contributed by atoms with van der Waals surface area (Å²) in [4.78, 5) is 4.10. The monoisotopic (exact) mass is 284 g/mol. The molecule has 1 aliphatic rings. The Bertz CT molecular complexity index is 544. The number of anilines is 1. The van der Waals surface area contributed by atoms with Gasteiger partial charge in [-0.3, -0.25) is 0 Å². The van der Waals surface area contributed by atoms with Gasteiger partial charge in [-0.1, -0.05) is 12.5 Å². The molecule has 3 rings (SSSR count). The first kappa shape index (κ1) is 14.1. The Labute approximate surface area is 126 Å². The van der Waals surface area contributed by atoms with Gasteiger partial charge in [-0.15, -0.1) is 0 Å². The van der Waals surface area contributed by atoms with Gasteiger partial charge in [-0.25, -0.2) is 4.98 Å². The quantitative estimate of drug-likeness (QED) is 0.886. The minimum Gasteiger partial charge on any atom is -0.382 e. The van der Waals surface area contributed by atoms with Crippen molar-refractivity contribution in [2.45, 2.75) is 44.7 Å². The Kier molecular flexibility index (Phi) is 4.55. The zero-order chi connectivity index (χ0) is 14.5. The third kappa shape index (κ3) is 3.85. The smallest absolute Gasteiger partial charge is 0.0991 e. The van der Waals surface area contributed by atoms with Crippen molar-refractivity contribution in [3.8, 4) is 5.69 Å². The molecule has 112 valence electrons. The van der Waals surface area contributed by atoms with Gasteiger partial charge in [-0.2, -0.15) is 0 Å². The molecule has 0 saturated carbocycles. The summed E-state index contributed by atoms with van der Waals surface area (Å²) in [5.41, 5.74) is 2.31. The predicted molar refractivity (Wildman–Crippen MR) is 86.9 cm³/mol. The van der Waals surface area contributed by atoms with E-state index < -0.39 is 0 Å². The number of aromatic nitrogens is 2. The molecule has 2 heterocycles. The van der Waals surface area contributed by atoms with Crippen molar-refractivity contribution in [1.29, 1.82) is 0 Å². The number of imidazole rings is 1. The Balaban J connectivity index is 1.60. The molecule has 0 amide bonds. The van der Waals surface area contributed by atoms with Crippen molar-refractivity contribution < 1.29 is 0 Å². The SMILES string of the molecule is CC(CC1CCCCN1)Nc1cccc(-n2ccnc2)c1. The second-order valence-corrected chi connectivity index (χ2v) is 5.95. The highest BCUT2D eigenvalue weighted by atomic mass is 15.0. The van der Waals surface area contributed by atoms with Gasteiger partial charge in [0, 0.05) is 35.9 Å². The molecule has 2 aromatic rings. The lowest BCUT2D eigenvalue weighted by atomic mass is 9.98. The van der Waals surface area contributed by atoms with Crippen molar-refractivity contribution in [3.05, 3.63) is 43.0 Å². The highest BCUT2D eigenvalue weighted by Crippen LogP contribution is 2.18. The van der Waals surface area contributed by atoms with Gasteiger partial charge in [0.2, 0.25) is 0 Å². The van der Waals surface area contributed by atoms with Crippen LogP contribution in [0.3, 0.4) is 0 Å². The van der Waals surface area contributed by atoms with E-state index >= 15 is 0 Å². The van der Waals surface area contributed by atoms with Crippen molar-refractivity contribution >= 4 is 5.69 Å². The van der Waals surface area contributed by atoms with Crippen molar-refractivity contribution in [1.82, 2.24) is 14.9 Å². The van der Waals surface area contributed by atoms with Crippen LogP contribution in [-0.2, 0) is 0 Å². The van der Waals surface area contributed by atoms with Gasteiger partial charge < -0.3 is 15.2 Å². The van der Waals surface area contributed by atoms with E-state index in [2.05, 4.69) is 46.8 Å². The second-order valence-electron chi connectivity index (χ2n) is 5.95. The van der Waals surface area contributed by atoms with E-state index in [0.717, 1.165) is 5.69 Å². The Morgan fingerprint density at radius 1 is 1.43 bits per heavy atom. The zero-order valence-electron chi connectivity index (χ0n) is 12.6. The van der Waals surface area contributed by atoms with Crippen LogP contribution in [0.5, 0.6) is 0 Å². The first-order valence-corrected chi connectivity index (χ1v) is 7.89. The highest BCUT2D eigenvalue weighted by molar-refractivity contribution is 5.51. The van der Waals surface area contributed by atoms with Crippen molar-refractivity contribution in [2.75, 3.05) is 11.9 Å². The van der Waals surface area contributed by atoms with E-state index in [1.54, 1.807) is 6.20 Å². The largest absolute Gasteiger partial charge is 0.382 e. The summed E-state index contributed by atoms with van der Waals surface area (Å²) in [6.45, 7) is 3.44. The molecular weight excluding hydrogens is 260 g/mol. The molecule has 4 heteroatoms. The molecule has 2 unspecified atom stereocenters. The number of rotatable bonds is 5. The van der Waals surface area contributed by atoms with Crippen LogP contribution in [0.4, 0.5) is 5.69 Å². The molecule has 1 saturated heterocycles. The summed E-state index contributed by atoms with van der Waals surface area (Å²) in [6, 6.07) is 9.62. The lowest BCUT2D eigenvalue weighted by Crippen LogP contribution is -2.37. The maximum atomic E-state index is 4.10. The number of nitrogens with one attached hydrogen (secondary N) is 2. The summed E-state index contributed by atoms with van der Waals surface area (Å²) in [6.07, 6.45) is 10.8. The Morgan fingerprint density at radius 2 is 2.38 bits per heavy atom. The van der Waals surface area contributed by atoms with Crippen LogP contribution < -0.4 is 10.6 Å². The Morgan fingerprint density at radius 3 is 3.14 bits per heavy atom. The number of nitrogens with zero attached hydrogens (tertiary/aromatic N) is 2.